The maximum absolute atomic E-state index is 11.5. The van der Waals surface area contributed by atoms with E-state index in [-0.39, 0.29) is 5.91 Å². The molecule has 1 aromatic carbocycles. The third kappa shape index (κ3) is 3.90. The third-order valence-corrected chi connectivity index (χ3v) is 4.66. The van der Waals surface area contributed by atoms with E-state index in [0.29, 0.717) is 12.5 Å². The van der Waals surface area contributed by atoms with Crippen molar-refractivity contribution in [2.24, 2.45) is 0 Å². The van der Waals surface area contributed by atoms with Gasteiger partial charge in [-0.3, -0.25) is 4.79 Å². The van der Waals surface area contributed by atoms with Gasteiger partial charge >= 0.3 is 0 Å². The van der Waals surface area contributed by atoms with Crippen LogP contribution in [0.3, 0.4) is 0 Å². The van der Waals surface area contributed by atoms with Crippen LogP contribution in [0.1, 0.15) is 31.7 Å². The van der Waals surface area contributed by atoms with Gasteiger partial charge in [-0.05, 0) is 43.2 Å². The highest BCUT2D eigenvalue weighted by atomic mass is 32.2. The number of amides is 1. The number of carbonyl (C=O) groups excluding carboxylic acids is 1. The highest BCUT2D eigenvalue weighted by molar-refractivity contribution is 7.99. The largest absolute Gasteiger partial charge is 0.381 e. The lowest BCUT2D eigenvalue weighted by atomic mass is 10.1. The van der Waals surface area contributed by atoms with E-state index in [9.17, 15) is 4.79 Å². The molecule has 3 nitrogen and oxygen atoms in total. The third-order valence-electron chi connectivity index (χ3n) is 3.45. The molecule has 4 heteroatoms. The Morgan fingerprint density at radius 2 is 2.21 bits per heavy atom. The average molecular weight is 278 g/mol. The van der Waals surface area contributed by atoms with E-state index in [1.165, 1.54) is 24.3 Å². The van der Waals surface area contributed by atoms with E-state index in [1.807, 2.05) is 30.8 Å². The summed E-state index contributed by atoms with van der Waals surface area (Å²) in [6, 6.07) is 6.60. The Balaban J connectivity index is 2.07. The predicted octanol–water partition coefficient (Wildman–Crippen LogP) is 3.65. The Labute approximate surface area is 119 Å². The van der Waals surface area contributed by atoms with Gasteiger partial charge in [-0.25, -0.2) is 0 Å². The highest BCUT2D eigenvalue weighted by Gasteiger charge is 2.15. The summed E-state index contributed by atoms with van der Waals surface area (Å²) in [6.07, 6.45) is 3.03. The van der Waals surface area contributed by atoms with Gasteiger partial charge in [-0.15, -0.1) is 0 Å². The van der Waals surface area contributed by atoms with Crippen molar-refractivity contribution < 1.29 is 4.79 Å². The number of benzene rings is 1. The van der Waals surface area contributed by atoms with Gasteiger partial charge in [-0.2, -0.15) is 11.8 Å². The zero-order chi connectivity index (χ0) is 13.7. The van der Waals surface area contributed by atoms with Crippen LogP contribution >= 0.6 is 11.8 Å². The molecule has 0 bridgehead atoms. The standard InChI is InChI=1S/C15H22N2OS/c1-3-15(18)17-14-8-4-7-13(11(14)2)16-12-6-5-9-19-10-12/h4,7-8,12,16H,3,5-6,9-10H2,1-2H3,(H,17,18). The van der Waals surface area contributed by atoms with E-state index < -0.39 is 0 Å². The molecule has 1 amide bonds. The SMILES string of the molecule is CCC(=O)Nc1cccc(NC2CCCSC2)c1C. The molecular weight excluding hydrogens is 256 g/mol. The molecule has 1 unspecified atom stereocenters. The fraction of sp³-hybridized carbons (Fsp3) is 0.533. The Morgan fingerprint density at radius 3 is 2.89 bits per heavy atom. The molecule has 1 aliphatic rings. The molecule has 19 heavy (non-hydrogen) atoms. The minimum absolute atomic E-state index is 0.0634. The second-order valence-electron chi connectivity index (χ2n) is 4.94. The Morgan fingerprint density at radius 1 is 1.42 bits per heavy atom. The van der Waals surface area contributed by atoms with E-state index in [0.717, 1.165) is 16.9 Å². The average Bonchev–Trinajstić information content (AvgIpc) is 2.44. The van der Waals surface area contributed by atoms with Gasteiger partial charge in [0.2, 0.25) is 5.91 Å². The molecule has 0 aromatic heterocycles. The molecular formula is C15H22N2OS. The van der Waals surface area contributed by atoms with Crippen LogP contribution in [0.15, 0.2) is 18.2 Å². The molecule has 104 valence electrons. The fourth-order valence-corrected chi connectivity index (χ4v) is 3.31. The zero-order valence-electron chi connectivity index (χ0n) is 11.7. The molecule has 0 spiro atoms. The number of carbonyl (C=O) groups is 1. The van der Waals surface area contributed by atoms with Crippen LogP contribution in [0.25, 0.3) is 0 Å². The van der Waals surface area contributed by atoms with Crippen molar-refractivity contribution in [1.82, 2.24) is 0 Å². The van der Waals surface area contributed by atoms with Crippen molar-refractivity contribution in [3.05, 3.63) is 23.8 Å². The maximum Gasteiger partial charge on any atom is 0.224 e. The Hall–Kier alpha value is -1.16. The molecule has 1 atom stereocenters. The fourth-order valence-electron chi connectivity index (χ4n) is 2.24. The summed E-state index contributed by atoms with van der Waals surface area (Å²) >= 11 is 2.01. The van der Waals surface area contributed by atoms with Crippen molar-refractivity contribution in [1.29, 1.82) is 0 Å². The molecule has 2 rings (SSSR count). The lowest BCUT2D eigenvalue weighted by Crippen LogP contribution is -2.26. The first-order valence-corrected chi connectivity index (χ1v) is 8.10. The first-order valence-electron chi connectivity index (χ1n) is 6.94. The summed E-state index contributed by atoms with van der Waals surface area (Å²) in [5, 5.41) is 6.56. The van der Waals surface area contributed by atoms with Gasteiger partial charge in [0.25, 0.3) is 0 Å². The minimum atomic E-state index is 0.0634. The summed E-state index contributed by atoms with van der Waals surface area (Å²) in [7, 11) is 0. The smallest absolute Gasteiger partial charge is 0.224 e. The molecule has 1 heterocycles. The zero-order valence-corrected chi connectivity index (χ0v) is 12.5. The first-order chi connectivity index (χ1) is 9.20. The summed E-state index contributed by atoms with van der Waals surface area (Å²) in [4.78, 5) is 11.5. The number of nitrogens with one attached hydrogen (secondary N) is 2. The van der Waals surface area contributed by atoms with Crippen molar-refractivity contribution in [2.75, 3.05) is 22.1 Å². The molecule has 1 aliphatic heterocycles. The van der Waals surface area contributed by atoms with E-state index in [2.05, 4.69) is 23.6 Å². The molecule has 1 fully saturated rings. The van der Waals surface area contributed by atoms with E-state index >= 15 is 0 Å². The summed E-state index contributed by atoms with van der Waals surface area (Å²) in [6.45, 7) is 3.93. The second-order valence-corrected chi connectivity index (χ2v) is 6.09. The summed E-state index contributed by atoms with van der Waals surface area (Å²) in [5.74, 6) is 2.52. The highest BCUT2D eigenvalue weighted by Crippen LogP contribution is 2.27. The Kier molecular flexibility index (Phi) is 5.14. The molecule has 0 radical (unpaired) electrons. The van der Waals surface area contributed by atoms with Gasteiger partial charge in [0.05, 0.1) is 0 Å². The molecule has 0 aliphatic carbocycles. The molecule has 2 N–H and O–H groups in total. The summed E-state index contributed by atoms with van der Waals surface area (Å²) < 4.78 is 0. The van der Waals surface area contributed by atoms with Crippen LogP contribution in [0, 0.1) is 6.92 Å². The number of rotatable bonds is 4. The van der Waals surface area contributed by atoms with Crippen LogP contribution in [-0.2, 0) is 4.79 Å². The lowest BCUT2D eigenvalue weighted by Gasteiger charge is -2.25. The normalized spacial score (nSPS) is 18.9. The van der Waals surface area contributed by atoms with Crippen molar-refractivity contribution >= 4 is 29.0 Å². The van der Waals surface area contributed by atoms with Crippen molar-refractivity contribution in [3.63, 3.8) is 0 Å². The van der Waals surface area contributed by atoms with Gasteiger partial charge in [0.15, 0.2) is 0 Å². The predicted molar refractivity (Wildman–Crippen MR) is 84.1 cm³/mol. The van der Waals surface area contributed by atoms with Gasteiger partial charge in [0, 0.05) is 29.6 Å². The van der Waals surface area contributed by atoms with E-state index in [4.69, 9.17) is 0 Å². The van der Waals surface area contributed by atoms with E-state index in [1.54, 1.807) is 0 Å². The molecule has 0 saturated carbocycles. The first kappa shape index (κ1) is 14.3. The number of anilines is 2. The van der Waals surface area contributed by atoms with Crippen LogP contribution in [-0.4, -0.2) is 23.5 Å². The second kappa shape index (κ2) is 6.85. The van der Waals surface area contributed by atoms with Gasteiger partial charge < -0.3 is 10.6 Å². The van der Waals surface area contributed by atoms with Gasteiger partial charge in [0.1, 0.15) is 0 Å². The van der Waals surface area contributed by atoms with Crippen molar-refractivity contribution in [2.45, 2.75) is 39.2 Å². The monoisotopic (exact) mass is 278 g/mol. The summed E-state index contributed by atoms with van der Waals surface area (Å²) in [5.41, 5.74) is 3.18. The quantitative estimate of drug-likeness (QED) is 0.883. The molecule has 1 aromatic rings. The van der Waals surface area contributed by atoms with Crippen LogP contribution in [0.4, 0.5) is 11.4 Å². The number of hydrogen-bond acceptors (Lipinski definition) is 3. The maximum atomic E-state index is 11.5. The van der Waals surface area contributed by atoms with Gasteiger partial charge in [-0.1, -0.05) is 13.0 Å². The van der Waals surface area contributed by atoms with Crippen molar-refractivity contribution in [3.8, 4) is 0 Å². The minimum Gasteiger partial charge on any atom is -0.381 e. The van der Waals surface area contributed by atoms with Crippen LogP contribution < -0.4 is 10.6 Å². The number of thioether (sulfide) groups is 1. The topological polar surface area (TPSA) is 41.1 Å². The van der Waals surface area contributed by atoms with Crippen LogP contribution in [0.2, 0.25) is 0 Å². The number of hydrogen-bond donors (Lipinski definition) is 2. The molecule has 1 saturated heterocycles. The Bertz CT molecular complexity index is 442. The van der Waals surface area contributed by atoms with Crippen LogP contribution in [0.5, 0.6) is 0 Å². The lowest BCUT2D eigenvalue weighted by molar-refractivity contribution is -0.115.